The molecule has 0 saturated heterocycles. The Morgan fingerprint density at radius 3 is 2.30 bits per heavy atom. The van der Waals surface area contributed by atoms with Gasteiger partial charge in [0, 0.05) is 12.5 Å². The third-order valence-electron chi connectivity index (χ3n) is 2.56. The molecule has 20 heavy (non-hydrogen) atoms. The number of unbranched alkanes of at least 4 members (excludes halogenated alkanes) is 3. The van der Waals surface area contributed by atoms with Crippen molar-refractivity contribution in [3.63, 3.8) is 0 Å². The predicted molar refractivity (Wildman–Crippen MR) is 80.9 cm³/mol. The van der Waals surface area contributed by atoms with Crippen LogP contribution in [0.5, 0.6) is 0 Å². The minimum atomic E-state index is -0.176. The van der Waals surface area contributed by atoms with Crippen LogP contribution in [0.4, 0.5) is 0 Å². The van der Waals surface area contributed by atoms with E-state index in [1.54, 1.807) is 12.1 Å². The van der Waals surface area contributed by atoms with E-state index in [9.17, 15) is 9.59 Å². The highest BCUT2D eigenvalue weighted by atomic mass is 16.5. The van der Waals surface area contributed by atoms with Crippen molar-refractivity contribution in [2.24, 2.45) is 0 Å². The molecule has 112 valence electrons. The van der Waals surface area contributed by atoms with Crippen LogP contribution in [0.25, 0.3) is 0 Å². The number of rotatable bonds is 8. The highest BCUT2D eigenvalue weighted by Gasteiger charge is 1.92. The lowest BCUT2D eigenvalue weighted by Gasteiger charge is -2.01. The number of benzene rings is 1. The molecule has 4 nitrogen and oxygen atoms in total. The van der Waals surface area contributed by atoms with Crippen LogP contribution in [0.15, 0.2) is 30.3 Å². The Balaban J connectivity index is 0.000000388. The fourth-order valence-electron chi connectivity index (χ4n) is 1.50. The van der Waals surface area contributed by atoms with Gasteiger partial charge >= 0.3 is 5.97 Å². The van der Waals surface area contributed by atoms with Crippen molar-refractivity contribution in [1.29, 1.82) is 0 Å². The second kappa shape index (κ2) is 13.7. The fourth-order valence-corrected chi connectivity index (χ4v) is 1.50. The quantitative estimate of drug-likeness (QED) is 0.451. The first-order valence-electron chi connectivity index (χ1n) is 6.99. The van der Waals surface area contributed by atoms with Gasteiger partial charge in [-0.25, -0.2) is 0 Å². The SMILES string of the molecule is CNCCCCCCOC(C)=O.O=Cc1ccccc1. The average molecular weight is 279 g/mol. The fraction of sp³-hybridized carbons (Fsp3) is 0.500. The van der Waals surface area contributed by atoms with Crippen molar-refractivity contribution < 1.29 is 14.3 Å². The van der Waals surface area contributed by atoms with Crippen LogP contribution in [-0.2, 0) is 9.53 Å². The lowest BCUT2D eigenvalue weighted by molar-refractivity contribution is -0.141. The van der Waals surface area contributed by atoms with E-state index < -0.39 is 0 Å². The Morgan fingerprint density at radius 1 is 1.15 bits per heavy atom. The van der Waals surface area contributed by atoms with E-state index in [2.05, 4.69) is 5.32 Å². The first-order chi connectivity index (χ1) is 9.70. The van der Waals surface area contributed by atoms with Crippen molar-refractivity contribution in [3.8, 4) is 0 Å². The monoisotopic (exact) mass is 279 g/mol. The number of carbonyl (C=O) groups is 2. The van der Waals surface area contributed by atoms with Gasteiger partial charge in [0.15, 0.2) is 0 Å². The maximum atomic E-state index is 10.3. The van der Waals surface area contributed by atoms with Crippen molar-refractivity contribution >= 4 is 12.3 Å². The topological polar surface area (TPSA) is 55.4 Å². The second-order valence-electron chi connectivity index (χ2n) is 4.39. The van der Waals surface area contributed by atoms with Crippen LogP contribution in [0.2, 0.25) is 0 Å². The smallest absolute Gasteiger partial charge is 0.302 e. The van der Waals surface area contributed by atoms with Crippen molar-refractivity contribution in [3.05, 3.63) is 35.9 Å². The molecule has 0 amide bonds. The maximum absolute atomic E-state index is 10.3. The molecule has 1 N–H and O–H groups in total. The van der Waals surface area contributed by atoms with E-state index in [4.69, 9.17) is 4.74 Å². The second-order valence-corrected chi connectivity index (χ2v) is 4.39. The van der Waals surface area contributed by atoms with Gasteiger partial charge in [0.05, 0.1) is 6.61 Å². The molecule has 0 fully saturated rings. The van der Waals surface area contributed by atoms with E-state index in [-0.39, 0.29) is 5.97 Å². The van der Waals surface area contributed by atoms with Crippen LogP contribution in [0.1, 0.15) is 43.0 Å². The van der Waals surface area contributed by atoms with E-state index >= 15 is 0 Å². The molecule has 0 radical (unpaired) electrons. The first-order valence-corrected chi connectivity index (χ1v) is 6.99. The summed E-state index contributed by atoms with van der Waals surface area (Å²) in [5.41, 5.74) is 0.729. The van der Waals surface area contributed by atoms with E-state index in [0.29, 0.717) is 6.61 Å². The lowest BCUT2D eigenvalue weighted by atomic mass is 10.2. The largest absolute Gasteiger partial charge is 0.466 e. The molecule has 0 aliphatic heterocycles. The molecule has 4 heteroatoms. The minimum Gasteiger partial charge on any atom is -0.466 e. The summed E-state index contributed by atoms with van der Waals surface area (Å²) in [5.74, 6) is -0.176. The molecule has 1 rings (SSSR count). The molecule has 0 unspecified atom stereocenters. The van der Waals surface area contributed by atoms with Crippen LogP contribution in [0.3, 0.4) is 0 Å². The van der Waals surface area contributed by atoms with Gasteiger partial charge in [-0.3, -0.25) is 9.59 Å². The van der Waals surface area contributed by atoms with Crippen molar-refractivity contribution in [2.75, 3.05) is 20.2 Å². The van der Waals surface area contributed by atoms with Crippen molar-refractivity contribution in [1.82, 2.24) is 5.32 Å². The Hall–Kier alpha value is -1.68. The number of ether oxygens (including phenoxy) is 1. The standard InChI is InChI=1S/C9H19NO2.C7H6O/c1-9(11)12-8-6-4-3-5-7-10-2;8-6-7-4-2-1-3-5-7/h10H,3-8H2,1-2H3;1-6H. The summed E-state index contributed by atoms with van der Waals surface area (Å²) >= 11 is 0. The van der Waals surface area contributed by atoms with Crippen LogP contribution in [0, 0.1) is 0 Å². The average Bonchev–Trinajstić information content (AvgIpc) is 2.47. The molecule has 0 aliphatic carbocycles. The Kier molecular flexibility index (Phi) is 12.6. The molecule has 0 aliphatic rings. The molecule has 0 heterocycles. The molecule has 1 aromatic carbocycles. The molecule has 0 spiro atoms. The number of hydrogen-bond donors (Lipinski definition) is 1. The maximum Gasteiger partial charge on any atom is 0.302 e. The lowest BCUT2D eigenvalue weighted by Crippen LogP contribution is -2.07. The van der Waals surface area contributed by atoms with E-state index in [1.807, 2.05) is 25.2 Å². The van der Waals surface area contributed by atoms with Gasteiger partial charge in [-0.05, 0) is 26.4 Å². The zero-order valence-corrected chi connectivity index (χ0v) is 12.4. The Labute approximate surface area is 121 Å². The highest BCUT2D eigenvalue weighted by Crippen LogP contribution is 1.98. The molecular weight excluding hydrogens is 254 g/mol. The number of hydrogen-bond acceptors (Lipinski definition) is 4. The zero-order valence-electron chi connectivity index (χ0n) is 12.4. The van der Waals surface area contributed by atoms with E-state index in [0.717, 1.165) is 31.2 Å². The van der Waals surface area contributed by atoms with Crippen LogP contribution in [-0.4, -0.2) is 32.5 Å². The number of nitrogens with one attached hydrogen (secondary N) is 1. The third kappa shape index (κ3) is 12.8. The molecule has 1 aromatic rings. The van der Waals surface area contributed by atoms with Gasteiger partial charge in [0.25, 0.3) is 0 Å². The molecule has 0 aromatic heterocycles. The highest BCUT2D eigenvalue weighted by molar-refractivity contribution is 5.74. The molecule has 0 saturated carbocycles. The van der Waals surface area contributed by atoms with Gasteiger partial charge in [-0.1, -0.05) is 43.2 Å². The molecule has 0 bridgehead atoms. The first kappa shape index (κ1) is 18.3. The Bertz CT molecular complexity index is 352. The summed E-state index contributed by atoms with van der Waals surface area (Å²) in [6.45, 7) is 3.10. The third-order valence-corrected chi connectivity index (χ3v) is 2.56. The summed E-state index contributed by atoms with van der Waals surface area (Å²) in [7, 11) is 1.96. The number of aldehydes is 1. The summed E-state index contributed by atoms with van der Waals surface area (Å²) in [6, 6.07) is 9.10. The normalized spacial score (nSPS) is 9.30. The number of esters is 1. The van der Waals surface area contributed by atoms with E-state index in [1.165, 1.54) is 19.8 Å². The summed E-state index contributed by atoms with van der Waals surface area (Å²) in [4.78, 5) is 20.4. The summed E-state index contributed by atoms with van der Waals surface area (Å²) in [5, 5.41) is 3.09. The summed E-state index contributed by atoms with van der Waals surface area (Å²) in [6.07, 6.45) is 5.39. The van der Waals surface area contributed by atoms with Gasteiger partial charge in [-0.2, -0.15) is 0 Å². The Morgan fingerprint density at radius 2 is 1.80 bits per heavy atom. The van der Waals surface area contributed by atoms with Gasteiger partial charge in [0.2, 0.25) is 0 Å². The van der Waals surface area contributed by atoms with Gasteiger partial charge in [0.1, 0.15) is 6.29 Å². The minimum absolute atomic E-state index is 0.176. The molecule has 0 atom stereocenters. The van der Waals surface area contributed by atoms with Crippen LogP contribution >= 0.6 is 0 Å². The number of carbonyl (C=O) groups excluding carboxylic acids is 2. The van der Waals surface area contributed by atoms with Crippen LogP contribution < -0.4 is 5.32 Å². The predicted octanol–water partition coefficient (Wildman–Crippen LogP) is 2.83. The zero-order chi connectivity index (χ0) is 15.1. The van der Waals surface area contributed by atoms with Gasteiger partial charge in [-0.15, -0.1) is 0 Å². The van der Waals surface area contributed by atoms with Crippen molar-refractivity contribution in [2.45, 2.75) is 32.6 Å². The van der Waals surface area contributed by atoms with Gasteiger partial charge < -0.3 is 10.1 Å². The molecular formula is C16H25NO3. The summed E-state index contributed by atoms with van der Waals surface area (Å²) < 4.78 is 4.79.